The van der Waals surface area contributed by atoms with E-state index in [0.29, 0.717) is 25.1 Å². The van der Waals surface area contributed by atoms with Crippen LogP contribution in [0.4, 0.5) is 5.69 Å². The number of fused-ring (bicyclic) bond motifs is 1. The Kier molecular flexibility index (Phi) is 7.08. The van der Waals surface area contributed by atoms with E-state index >= 15 is 0 Å². The maximum absolute atomic E-state index is 12.3. The Morgan fingerprint density at radius 1 is 1.16 bits per heavy atom. The van der Waals surface area contributed by atoms with E-state index in [2.05, 4.69) is 25.8 Å². The third-order valence-electron chi connectivity index (χ3n) is 5.84. The SMILES string of the molecule is CC(C)(C)NC(=O)CN=C(NCC1CCN(C2CC2)C1)Nc1ccc2c(c1)OCCCO2. The van der Waals surface area contributed by atoms with Crippen molar-refractivity contribution in [3.8, 4) is 11.5 Å². The van der Waals surface area contributed by atoms with E-state index in [-0.39, 0.29) is 18.0 Å². The predicted molar refractivity (Wildman–Crippen MR) is 127 cm³/mol. The Hall–Kier alpha value is -2.48. The molecule has 1 aromatic rings. The van der Waals surface area contributed by atoms with E-state index < -0.39 is 0 Å². The van der Waals surface area contributed by atoms with Crippen LogP contribution in [-0.4, -0.2) is 67.7 Å². The fraction of sp³-hybridized carbons (Fsp3) is 0.667. The minimum absolute atomic E-state index is 0.0655. The summed E-state index contributed by atoms with van der Waals surface area (Å²) in [6.07, 6.45) is 4.77. The van der Waals surface area contributed by atoms with E-state index in [0.717, 1.165) is 42.7 Å². The van der Waals surface area contributed by atoms with Crippen molar-refractivity contribution >= 4 is 17.6 Å². The molecule has 1 amide bonds. The second-order valence-electron chi connectivity index (χ2n) is 10.1. The lowest BCUT2D eigenvalue weighted by Crippen LogP contribution is -2.42. The number of nitrogens with one attached hydrogen (secondary N) is 3. The van der Waals surface area contributed by atoms with Crippen LogP contribution in [0.1, 0.15) is 46.5 Å². The van der Waals surface area contributed by atoms with Gasteiger partial charge in [-0.05, 0) is 64.6 Å². The van der Waals surface area contributed by atoms with E-state index in [9.17, 15) is 4.79 Å². The van der Waals surface area contributed by atoms with E-state index in [1.165, 1.54) is 25.8 Å². The fourth-order valence-corrected chi connectivity index (χ4v) is 4.17. The first-order chi connectivity index (χ1) is 15.4. The number of hydrogen-bond donors (Lipinski definition) is 3. The van der Waals surface area contributed by atoms with Gasteiger partial charge in [0.15, 0.2) is 17.5 Å². The molecular formula is C24H37N5O3. The maximum atomic E-state index is 12.3. The molecule has 2 aliphatic heterocycles. The average molecular weight is 444 g/mol. The zero-order chi connectivity index (χ0) is 22.6. The Morgan fingerprint density at radius 2 is 1.94 bits per heavy atom. The summed E-state index contributed by atoms with van der Waals surface area (Å²) in [6.45, 7) is 10.4. The number of nitrogens with zero attached hydrogens (tertiary/aromatic N) is 2. The zero-order valence-electron chi connectivity index (χ0n) is 19.6. The van der Waals surface area contributed by atoms with Gasteiger partial charge in [0.05, 0.1) is 13.2 Å². The topological polar surface area (TPSA) is 87.2 Å². The Labute approximate surface area is 191 Å². The summed E-state index contributed by atoms with van der Waals surface area (Å²) in [5, 5.41) is 9.77. The highest BCUT2D eigenvalue weighted by Crippen LogP contribution is 2.33. The molecule has 3 N–H and O–H groups in total. The number of aliphatic imine (C=N–C) groups is 1. The van der Waals surface area contributed by atoms with Crippen molar-refractivity contribution in [3.05, 3.63) is 18.2 Å². The molecule has 3 aliphatic rings. The van der Waals surface area contributed by atoms with Crippen LogP contribution < -0.4 is 25.4 Å². The molecular weight excluding hydrogens is 406 g/mol. The minimum atomic E-state index is -0.280. The molecule has 8 heteroatoms. The van der Waals surface area contributed by atoms with Crippen molar-refractivity contribution in [3.63, 3.8) is 0 Å². The summed E-state index contributed by atoms with van der Waals surface area (Å²) in [5.74, 6) is 2.59. The minimum Gasteiger partial charge on any atom is -0.490 e. The molecule has 0 spiro atoms. The normalized spacial score (nSPS) is 21.7. The number of carbonyl (C=O) groups excluding carboxylic acids is 1. The van der Waals surface area contributed by atoms with Gasteiger partial charge in [-0.15, -0.1) is 0 Å². The van der Waals surface area contributed by atoms with Gasteiger partial charge in [-0.1, -0.05) is 0 Å². The van der Waals surface area contributed by atoms with Gasteiger partial charge in [-0.2, -0.15) is 0 Å². The van der Waals surface area contributed by atoms with Crippen LogP contribution in [0.5, 0.6) is 11.5 Å². The van der Waals surface area contributed by atoms with E-state index in [4.69, 9.17) is 9.47 Å². The molecule has 176 valence electrons. The largest absolute Gasteiger partial charge is 0.490 e. The molecule has 2 heterocycles. The van der Waals surface area contributed by atoms with Crippen LogP contribution >= 0.6 is 0 Å². The standard InChI is InChI=1S/C24H37N5O3/c1-24(2,3)28-22(30)15-26-23(25-14-17-9-10-29(16-17)19-6-7-19)27-18-5-8-20-21(13-18)32-12-4-11-31-20/h5,8,13,17,19H,4,6-7,9-12,14-16H2,1-3H3,(H,28,30)(H2,25,26,27). The van der Waals surface area contributed by atoms with Gasteiger partial charge >= 0.3 is 0 Å². The lowest BCUT2D eigenvalue weighted by Gasteiger charge is -2.20. The van der Waals surface area contributed by atoms with Gasteiger partial charge in [0, 0.05) is 42.8 Å². The molecule has 1 saturated carbocycles. The third kappa shape index (κ3) is 6.76. The van der Waals surface area contributed by atoms with Crippen molar-refractivity contribution in [2.45, 2.75) is 58.0 Å². The number of hydrogen-bond acceptors (Lipinski definition) is 5. The Balaban J connectivity index is 1.40. The van der Waals surface area contributed by atoms with Crippen LogP contribution in [-0.2, 0) is 4.79 Å². The fourth-order valence-electron chi connectivity index (χ4n) is 4.17. The Bertz CT molecular complexity index is 831. The number of benzene rings is 1. The average Bonchev–Trinajstić information content (AvgIpc) is 3.51. The number of carbonyl (C=O) groups is 1. The first-order valence-corrected chi connectivity index (χ1v) is 11.9. The summed E-state index contributed by atoms with van der Waals surface area (Å²) in [4.78, 5) is 19.5. The molecule has 1 aromatic carbocycles. The molecule has 1 unspecified atom stereocenters. The molecule has 0 radical (unpaired) electrons. The van der Waals surface area contributed by atoms with Crippen LogP contribution in [0, 0.1) is 5.92 Å². The lowest BCUT2D eigenvalue weighted by atomic mass is 10.1. The van der Waals surface area contributed by atoms with Crippen molar-refractivity contribution in [1.29, 1.82) is 0 Å². The van der Waals surface area contributed by atoms with Crippen LogP contribution in [0.3, 0.4) is 0 Å². The number of rotatable bonds is 6. The number of ether oxygens (including phenoxy) is 2. The van der Waals surface area contributed by atoms with Gasteiger partial charge < -0.3 is 30.3 Å². The smallest absolute Gasteiger partial charge is 0.242 e. The molecule has 1 atom stereocenters. The number of guanidine groups is 1. The molecule has 32 heavy (non-hydrogen) atoms. The summed E-state index contributed by atoms with van der Waals surface area (Å²) in [7, 11) is 0. The molecule has 8 nitrogen and oxygen atoms in total. The van der Waals surface area contributed by atoms with Gasteiger partial charge in [0.2, 0.25) is 5.91 Å². The van der Waals surface area contributed by atoms with Crippen molar-refractivity contribution in [1.82, 2.24) is 15.5 Å². The van der Waals surface area contributed by atoms with Crippen molar-refractivity contribution in [2.75, 3.05) is 44.7 Å². The molecule has 2 fully saturated rings. The maximum Gasteiger partial charge on any atom is 0.242 e. The molecule has 4 rings (SSSR count). The third-order valence-corrected chi connectivity index (χ3v) is 5.84. The first kappa shape index (κ1) is 22.7. The molecule has 0 bridgehead atoms. The molecule has 1 saturated heterocycles. The first-order valence-electron chi connectivity index (χ1n) is 11.9. The number of anilines is 1. The van der Waals surface area contributed by atoms with Crippen molar-refractivity contribution < 1.29 is 14.3 Å². The van der Waals surface area contributed by atoms with Gasteiger partial charge in [0.25, 0.3) is 0 Å². The molecule has 0 aromatic heterocycles. The van der Waals surface area contributed by atoms with Gasteiger partial charge in [-0.3, -0.25) is 4.79 Å². The molecule has 1 aliphatic carbocycles. The monoisotopic (exact) mass is 443 g/mol. The lowest BCUT2D eigenvalue weighted by molar-refractivity contribution is -0.121. The van der Waals surface area contributed by atoms with Gasteiger partial charge in [-0.25, -0.2) is 4.99 Å². The van der Waals surface area contributed by atoms with Gasteiger partial charge in [0.1, 0.15) is 6.54 Å². The number of amides is 1. The van der Waals surface area contributed by atoms with Crippen LogP contribution in [0.15, 0.2) is 23.2 Å². The highest BCUT2D eigenvalue weighted by Gasteiger charge is 2.34. The van der Waals surface area contributed by atoms with Crippen LogP contribution in [0.2, 0.25) is 0 Å². The summed E-state index contributed by atoms with van der Waals surface area (Å²) in [5.41, 5.74) is 0.570. The summed E-state index contributed by atoms with van der Waals surface area (Å²) >= 11 is 0. The van der Waals surface area contributed by atoms with E-state index in [1.807, 2.05) is 39.0 Å². The number of likely N-dealkylation sites (tertiary alicyclic amines) is 1. The Morgan fingerprint density at radius 3 is 2.69 bits per heavy atom. The van der Waals surface area contributed by atoms with Crippen molar-refractivity contribution in [2.24, 2.45) is 10.9 Å². The second kappa shape index (κ2) is 9.98. The predicted octanol–water partition coefficient (Wildman–Crippen LogP) is 2.60. The van der Waals surface area contributed by atoms with Crippen LogP contribution in [0.25, 0.3) is 0 Å². The highest BCUT2D eigenvalue weighted by atomic mass is 16.5. The highest BCUT2D eigenvalue weighted by molar-refractivity contribution is 5.95. The second-order valence-corrected chi connectivity index (χ2v) is 10.1. The summed E-state index contributed by atoms with van der Waals surface area (Å²) < 4.78 is 11.5. The zero-order valence-corrected chi connectivity index (χ0v) is 19.6. The van der Waals surface area contributed by atoms with E-state index in [1.54, 1.807) is 0 Å². The quantitative estimate of drug-likeness (QED) is 0.463. The summed E-state index contributed by atoms with van der Waals surface area (Å²) in [6, 6.07) is 6.60.